The molecule has 0 aliphatic carbocycles. The summed E-state index contributed by atoms with van der Waals surface area (Å²) in [6.45, 7) is 3.04. The van der Waals surface area contributed by atoms with Gasteiger partial charge in [0.15, 0.2) is 0 Å². The first-order valence-corrected chi connectivity index (χ1v) is 7.42. The second-order valence-electron chi connectivity index (χ2n) is 4.56. The van der Waals surface area contributed by atoms with E-state index in [2.05, 4.69) is 0 Å². The topological polar surface area (TPSA) is 92.9 Å². The number of hydrogen-bond acceptors (Lipinski definition) is 5. The van der Waals surface area contributed by atoms with Crippen LogP contribution >= 0.6 is 0 Å². The summed E-state index contributed by atoms with van der Waals surface area (Å²) in [6, 6.07) is -0.559. The number of sulfonamides is 1. The number of nitrogens with two attached hydrogens (primary N) is 1. The van der Waals surface area contributed by atoms with Gasteiger partial charge in [-0.1, -0.05) is 0 Å². The summed E-state index contributed by atoms with van der Waals surface area (Å²) in [5.41, 5.74) is 5.33. The highest BCUT2D eigenvalue weighted by atomic mass is 32.2. The van der Waals surface area contributed by atoms with Gasteiger partial charge in [-0.25, -0.2) is 12.7 Å². The van der Waals surface area contributed by atoms with Crippen LogP contribution in [0.15, 0.2) is 0 Å². The summed E-state index contributed by atoms with van der Waals surface area (Å²) in [5.74, 6) is -0.513. The number of ether oxygens (including phenoxy) is 1. The number of primary amides is 1. The highest BCUT2D eigenvalue weighted by Gasteiger charge is 2.34. The molecular weight excluding hydrogens is 258 g/mol. The first-order valence-electron chi connectivity index (χ1n) is 5.81. The van der Waals surface area contributed by atoms with Crippen molar-refractivity contribution in [2.75, 3.05) is 39.5 Å². The predicted octanol–water partition coefficient (Wildman–Crippen LogP) is -1.55. The van der Waals surface area contributed by atoms with Crippen LogP contribution < -0.4 is 5.73 Å². The number of nitrogens with zero attached hydrogens (tertiary/aromatic N) is 2. The smallest absolute Gasteiger partial charge is 0.237 e. The summed E-state index contributed by atoms with van der Waals surface area (Å²) in [7, 11) is -0.288. The van der Waals surface area contributed by atoms with Crippen LogP contribution in [0.25, 0.3) is 0 Å². The van der Waals surface area contributed by atoms with Crippen LogP contribution in [-0.2, 0) is 19.6 Å². The Morgan fingerprint density at radius 3 is 2.61 bits per heavy atom. The molecule has 1 heterocycles. The van der Waals surface area contributed by atoms with Gasteiger partial charge in [-0.3, -0.25) is 9.69 Å². The van der Waals surface area contributed by atoms with Gasteiger partial charge in [-0.2, -0.15) is 0 Å². The zero-order chi connectivity index (χ0) is 13.9. The Hall–Kier alpha value is -0.700. The van der Waals surface area contributed by atoms with Crippen LogP contribution in [0.2, 0.25) is 0 Å². The van der Waals surface area contributed by atoms with E-state index in [1.54, 1.807) is 11.8 Å². The van der Waals surface area contributed by atoms with E-state index in [0.717, 1.165) is 0 Å². The minimum absolute atomic E-state index is 0.0312. The van der Waals surface area contributed by atoms with Gasteiger partial charge in [-0.15, -0.1) is 0 Å². The molecule has 1 saturated heterocycles. The normalized spacial score (nSPS) is 26.4. The zero-order valence-electron chi connectivity index (χ0n) is 11.0. The van der Waals surface area contributed by atoms with Gasteiger partial charge in [0.1, 0.15) is 6.04 Å². The van der Waals surface area contributed by atoms with Gasteiger partial charge in [0.05, 0.1) is 18.5 Å². The Labute approximate surface area is 108 Å². The van der Waals surface area contributed by atoms with Gasteiger partial charge >= 0.3 is 0 Å². The van der Waals surface area contributed by atoms with Crippen LogP contribution in [0.4, 0.5) is 0 Å². The zero-order valence-corrected chi connectivity index (χ0v) is 11.8. The number of hydrogen-bond donors (Lipinski definition) is 1. The summed E-state index contributed by atoms with van der Waals surface area (Å²) in [5, 5.41) is 0. The van der Waals surface area contributed by atoms with Crippen molar-refractivity contribution in [1.29, 1.82) is 0 Å². The molecule has 1 rings (SSSR count). The number of morpholine rings is 1. The van der Waals surface area contributed by atoms with Crippen LogP contribution in [0.3, 0.4) is 0 Å². The number of rotatable bonds is 5. The van der Waals surface area contributed by atoms with Gasteiger partial charge in [0.25, 0.3) is 0 Å². The van der Waals surface area contributed by atoms with Crippen molar-refractivity contribution >= 4 is 15.9 Å². The van der Waals surface area contributed by atoms with Crippen molar-refractivity contribution in [2.24, 2.45) is 5.73 Å². The number of carbonyl (C=O) groups excluding carboxylic acids is 1. The third-order valence-corrected chi connectivity index (χ3v) is 4.89. The maximum atomic E-state index is 11.7. The average molecular weight is 279 g/mol. The van der Waals surface area contributed by atoms with Crippen molar-refractivity contribution in [3.63, 3.8) is 0 Å². The van der Waals surface area contributed by atoms with E-state index >= 15 is 0 Å². The summed E-state index contributed by atoms with van der Waals surface area (Å²) >= 11 is 0. The molecule has 1 aliphatic rings. The number of carbonyl (C=O) groups is 1. The van der Waals surface area contributed by atoms with Gasteiger partial charge in [-0.05, 0) is 6.92 Å². The second-order valence-corrected chi connectivity index (χ2v) is 6.86. The maximum Gasteiger partial charge on any atom is 0.237 e. The van der Waals surface area contributed by atoms with E-state index in [9.17, 15) is 13.2 Å². The maximum absolute atomic E-state index is 11.7. The molecule has 0 unspecified atom stereocenters. The first-order chi connectivity index (χ1) is 8.25. The molecule has 1 fully saturated rings. The van der Waals surface area contributed by atoms with Crippen LogP contribution in [0.5, 0.6) is 0 Å². The molecule has 0 aromatic heterocycles. The summed E-state index contributed by atoms with van der Waals surface area (Å²) in [6.07, 6.45) is -0.307. The van der Waals surface area contributed by atoms with Gasteiger partial charge < -0.3 is 10.5 Å². The molecule has 2 N–H and O–H groups in total. The third-order valence-electron chi connectivity index (χ3n) is 3.08. The molecule has 2 atom stereocenters. The summed E-state index contributed by atoms with van der Waals surface area (Å²) < 4.78 is 29.9. The van der Waals surface area contributed by atoms with Crippen LogP contribution in [0, 0.1) is 0 Å². The average Bonchev–Trinajstić information content (AvgIpc) is 2.25. The highest BCUT2D eigenvalue weighted by Crippen LogP contribution is 2.14. The minimum Gasteiger partial charge on any atom is -0.375 e. The molecule has 0 saturated carbocycles. The molecule has 0 aromatic carbocycles. The van der Waals surface area contributed by atoms with E-state index in [0.29, 0.717) is 13.2 Å². The second kappa shape index (κ2) is 5.96. The van der Waals surface area contributed by atoms with Crippen molar-refractivity contribution in [2.45, 2.75) is 19.1 Å². The lowest BCUT2D eigenvalue weighted by atomic mass is 10.1. The van der Waals surface area contributed by atoms with E-state index < -0.39 is 22.0 Å². The highest BCUT2D eigenvalue weighted by molar-refractivity contribution is 7.89. The van der Waals surface area contributed by atoms with Gasteiger partial charge in [0, 0.05) is 27.2 Å². The quantitative estimate of drug-likeness (QED) is 0.658. The Kier molecular flexibility index (Phi) is 5.09. The van der Waals surface area contributed by atoms with E-state index in [1.165, 1.54) is 18.4 Å². The fourth-order valence-electron chi connectivity index (χ4n) is 1.96. The molecule has 0 radical (unpaired) electrons. The third kappa shape index (κ3) is 3.64. The van der Waals surface area contributed by atoms with E-state index in [-0.39, 0.29) is 18.4 Å². The van der Waals surface area contributed by atoms with E-state index in [4.69, 9.17) is 10.5 Å². The number of amides is 1. The Balaban J connectivity index is 2.67. The Bertz CT molecular complexity index is 396. The fraction of sp³-hybridized carbons (Fsp3) is 0.900. The minimum atomic E-state index is -3.27. The van der Waals surface area contributed by atoms with Gasteiger partial charge in [0.2, 0.25) is 15.9 Å². The summed E-state index contributed by atoms with van der Waals surface area (Å²) in [4.78, 5) is 13.1. The standard InChI is InChI=1S/C10H21N3O4S/c1-8-9(10(11)14)13(4-6-17-8)5-7-18(15,16)12(2)3/h8-9H,4-7H2,1-3H3,(H2,11,14)/t8-,9+/m1/s1. The fourth-order valence-corrected chi connectivity index (χ4v) is 2.79. The van der Waals surface area contributed by atoms with Crippen molar-refractivity contribution < 1.29 is 17.9 Å². The Morgan fingerprint density at radius 1 is 1.50 bits per heavy atom. The van der Waals surface area contributed by atoms with Crippen molar-refractivity contribution in [3.8, 4) is 0 Å². The van der Waals surface area contributed by atoms with Crippen molar-refractivity contribution in [3.05, 3.63) is 0 Å². The first kappa shape index (κ1) is 15.4. The molecule has 18 heavy (non-hydrogen) atoms. The van der Waals surface area contributed by atoms with Crippen molar-refractivity contribution in [1.82, 2.24) is 9.21 Å². The molecule has 0 spiro atoms. The lowest BCUT2D eigenvalue weighted by Crippen LogP contribution is -2.57. The van der Waals surface area contributed by atoms with E-state index in [1.807, 2.05) is 0 Å². The lowest BCUT2D eigenvalue weighted by molar-refractivity contribution is -0.135. The molecular formula is C10H21N3O4S. The molecule has 0 aromatic rings. The molecule has 7 nitrogen and oxygen atoms in total. The largest absolute Gasteiger partial charge is 0.375 e. The van der Waals surface area contributed by atoms with Crippen LogP contribution in [-0.4, -0.2) is 75.2 Å². The molecule has 106 valence electrons. The SMILES string of the molecule is C[C@H]1OCCN(CCS(=O)(=O)N(C)C)[C@@H]1C(N)=O. The molecule has 0 bridgehead atoms. The molecule has 8 heteroatoms. The molecule has 1 amide bonds. The Morgan fingerprint density at radius 2 is 2.11 bits per heavy atom. The monoisotopic (exact) mass is 279 g/mol. The molecule has 1 aliphatic heterocycles. The predicted molar refractivity (Wildman–Crippen MR) is 67.4 cm³/mol. The van der Waals surface area contributed by atoms with Crippen LogP contribution in [0.1, 0.15) is 6.92 Å². The lowest BCUT2D eigenvalue weighted by Gasteiger charge is -2.37.